The fourth-order valence-corrected chi connectivity index (χ4v) is 5.37. The summed E-state index contributed by atoms with van der Waals surface area (Å²) in [6.45, 7) is 4.35. The molecule has 0 bridgehead atoms. The Kier molecular flexibility index (Phi) is 6.44. The highest BCUT2D eigenvalue weighted by molar-refractivity contribution is 7.89. The lowest BCUT2D eigenvalue weighted by atomic mass is 10.2. The Balaban J connectivity index is 1.87. The minimum Gasteiger partial charge on any atom is -0.497 e. The average molecular weight is 419 g/mol. The number of ether oxygens (including phenoxy) is 2. The number of hydrogen-bond acceptors (Lipinski definition) is 5. The smallest absolute Gasteiger partial charge is 0.244 e. The summed E-state index contributed by atoms with van der Waals surface area (Å²) >= 11 is 0. The Morgan fingerprint density at radius 1 is 1.24 bits per heavy atom. The van der Waals surface area contributed by atoms with Crippen LogP contribution in [0.4, 0.5) is 5.69 Å². The third-order valence-corrected chi connectivity index (χ3v) is 6.98. The van der Waals surface area contributed by atoms with E-state index >= 15 is 0 Å². The topological polar surface area (TPSA) is 84.9 Å². The number of methoxy groups -OCH3 is 1. The van der Waals surface area contributed by atoms with Gasteiger partial charge in [-0.3, -0.25) is 4.79 Å². The second-order valence-electron chi connectivity index (χ2n) is 6.82. The molecule has 1 aliphatic rings. The SMILES string of the molecule is CCOc1ccccc1NC(=O)[C@@H]1CCCN1S(=O)(=O)c1cc(OC)ccc1C. The lowest BCUT2D eigenvalue weighted by Gasteiger charge is -2.24. The van der Waals surface area contributed by atoms with Gasteiger partial charge >= 0.3 is 0 Å². The average Bonchev–Trinajstić information content (AvgIpc) is 3.21. The number of carbonyl (C=O) groups excluding carboxylic acids is 1. The van der Waals surface area contributed by atoms with Crippen LogP contribution >= 0.6 is 0 Å². The molecule has 0 aliphatic carbocycles. The highest BCUT2D eigenvalue weighted by Crippen LogP contribution is 2.31. The van der Waals surface area contributed by atoms with Crippen molar-refractivity contribution < 1.29 is 22.7 Å². The predicted molar refractivity (Wildman–Crippen MR) is 111 cm³/mol. The first-order chi connectivity index (χ1) is 13.9. The molecule has 0 radical (unpaired) electrons. The second-order valence-corrected chi connectivity index (χ2v) is 8.68. The van der Waals surface area contributed by atoms with Crippen molar-refractivity contribution in [2.75, 3.05) is 25.6 Å². The van der Waals surface area contributed by atoms with E-state index in [9.17, 15) is 13.2 Å². The molecule has 1 N–H and O–H groups in total. The van der Waals surface area contributed by atoms with Crippen molar-refractivity contribution >= 4 is 21.6 Å². The van der Waals surface area contributed by atoms with E-state index in [1.807, 2.05) is 13.0 Å². The monoisotopic (exact) mass is 418 g/mol. The number of nitrogens with zero attached hydrogens (tertiary/aromatic N) is 1. The van der Waals surface area contributed by atoms with Crippen LogP contribution in [0.1, 0.15) is 25.3 Å². The Morgan fingerprint density at radius 3 is 2.72 bits per heavy atom. The summed E-state index contributed by atoms with van der Waals surface area (Å²) in [4.78, 5) is 13.1. The van der Waals surface area contributed by atoms with Gasteiger partial charge < -0.3 is 14.8 Å². The lowest BCUT2D eigenvalue weighted by Crippen LogP contribution is -2.43. The zero-order valence-corrected chi connectivity index (χ0v) is 17.7. The maximum atomic E-state index is 13.3. The van der Waals surface area contributed by atoms with Crippen LogP contribution in [0.5, 0.6) is 11.5 Å². The van der Waals surface area contributed by atoms with Crippen LogP contribution in [-0.2, 0) is 14.8 Å². The standard InChI is InChI=1S/C21H26N2O5S/c1-4-28-19-10-6-5-8-17(19)22-21(24)18-9-7-13-23(18)29(25,26)20-14-16(27-3)12-11-15(20)2/h5-6,8,10-12,14,18H,4,7,9,13H2,1-3H3,(H,22,24)/t18-/m0/s1. The van der Waals surface area contributed by atoms with Gasteiger partial charge in [0.1, 0.15) is 17.5 Å². The number of nitrogens with one attached hydrogen (secondary N) is 1. The highest BCUT2D eigenvalue weighted by Gasteiger charge is 2.40. The Bertz CT molecular complexity index is 990. The second kappa shape index (κ2) is 8.84. The fourth-order valence-electron chi connectivity index (χ4n) is 3.47. The summed E-state index contributed by atoms with van der Waals surface area (Å²) in [6.07, 6.45) is 1.08. The summed E-state index contributed by atoms with van der Waals surface area (Å²) in [6, 6.07) is 11.3. The van der Waals surface area contributed by atoms with Crippen molar-refractivity contribution in [1.82, 2.24) is 4.31 Å². The predicted octanol–water partition coefficient (Wildman–Crippen LogP) is 3.19. The van der Waals surface area contributed by atoms with Crippen LogP contribution in [0.25, 0.3) is 0 Å². The van der Waals surface area contributed by atoms with E-state index in [0.717, 1.165) is 0 Å². The third kappa shape index (κ3) is 4.38. The summed E-state index contributed by atoms with van der Waals surface area (Å²) in [5.74, 6) is 0.651. The van der Waals surface area contributed by atoms with Gasteiger partial charge in [0.25, 0.3) is 0 Å². The number of aryl methyl sites for hydroxylation is 1. The summed E-state index contributed by atoms with van der Waals surface area (Å²) in [5, 5.41) is 2.83. The van der Waals surface area contributed by atoms with E-state index in [1.54, 1.807) is 37.3 Å². The van der Waals surface area contributed by atoms with Gasteiger partial charge in [-0.25, -0.2) is 8.42 Å². The minimum absolute atomic E-state index is 0.159. The number of amides is 1. The van der Waals surface area contributed by atoms with Gasteiger partial charge in [0.15, 0.2) is 0 Å². The molecule has 156 valence electrons. The molecule has 1 saturated heterocycles. The van der Waals surface area contributed by atoms with Gasteiger partial charge in [-0.05, 0) is 50.5 Å². The Labute approximate surface area is 171 Å². The molecule has 0 aromatic heterocycles. The zero-order chi connectivity index (χ0) is 21.0. The van der Waals surface area contributed by atoms with Crippen LogP contribution in [0.15, 0.2) is 47.4 Å². The van der Waals surface area contributed by atoms with Gasteiger partial charge in [0, 0.05) is 12.6 Å². The molecule has 1 fully saturated rings. The van der Waals surface area contributed by atoms with E-state index in [2.05, 4.69) is 5.32 Å². The van der Waals surface area contributed by atoms with E-state index in [4.69, 9.17) is 9.47 Å². The Morgan fingerprint density at radius 2 is 2.00 bits per heavy atom. The molecular formula is C21H26N2O5S. The van der Waals surface area contributed by atoms with Gasteiger partial charge in [-0.2, -0.15) is 4.31 Å². The molecule has 2 aromatic rings. The largest absolute Gasteiger partial charge is 0.497 e. The van der Waals surface area contributed by atoms with Crippen molar-refractivity contribution in [3.8, 4) is 11.5 Å². The van der Waals surface area contributed by atoms with Gasteiger partial charge in [0.05, 0.1) is 24.3 Å². The number of benzene rings is 2. The summed E-state index contributed by atoms with van der Waals surface area (Å²) < 4.78 is 38.7. The molecule has 3 rings (SSSR count). The molecule has 0 spiro atoms. The van der Waals surface area contributed by atoms with E-state index in [1.165, 1.54) is 17.5 Å². The zero-order valence-electron chi connectivity index (χ0n) is 16.8. The first kappa shape index (κ1) is 21.1. The van der Waals surface area contributed by atoms with E-state index < -0.39 is 16.1 Å². The van der Waals surface area contributed by atoms with Gasteiger partial charge in [0.2, 0.25) is 15.9 Å². The van der Waals surface area contributed by atoms with E-state index in [0.29, 0.717) is 48.7 Å². The van der Waals surface area contributed by atoms with Crippen LogP contribution in [0, 0.1) is 6.92 Å². The number of rotatable bonds is 7. The number of carbonyl (C=O) groups is 1. The molecule has 1 amide bonds. The maximum absolute atomic E-state index is 13.3. The molecule has 29 heavy (non-hydrogen) atoms. The minimum atomic E-state index is -3.85. The summed E-state index contributed by atoms with van der Waals surface area (Å²) in [5.41, 5.74) is 1.14. The van der Waals surface area contributed by atoms with Crippen LogP contribution < -0.4 is 14.8 Å². The molecule has 1 atom stereocenters. The molecule has 1 heterocycles. The molecule has 2 aromatic carbocycles. The van der Waals surface area contributed by atoms with Gasteiger partial charge in [-0.15, -0.1) is 0 Å². The van der Waals surface area contributed by atoms with Crippen molar-refractivity contribution in [1.29, 1.82) is 0 Å². The first-order valence-corrected chi connectivity index (χ1v) is 11.0. The van der Waals surface area contributed by atoms with Crippen LogP contribution in [0.3, 0.4) is 0 Å². The van der Waals surface area contributed by atoms with Crippen LogP contribution in [-0.4, -0.2) is 44.9 Å². The lowest BCUT2D eigenvalue weighted by molar-refractivity contribution is -0.119. The fraction of sp³-hybridized carbons (Fsp3) is 0.381. The number of hydrogen-bond donors (Lipinski definition) is 1. The molecule has 8 heteroatoms. The molecule has 0 saturated carbocycles. The Hall–Kier alpha value is -2.58. The quantitative estimate of drug-likeness (QED) is 0.746. The normalized spacial score (nSPS) is 17.1. The highest BCUT2D eigenvalue weighted by atomic mass is 32.2. The number of anilines is 1. The number of para-hydroxylation sites is 2. The molecule has 1 aliphatic heterocycles. The molecular weight excluding hydrogens is 392 g/mol. The number of sulfonamides is 1. The molecule has 7 nitrogen and oxygen atoms in total. The first-order valence-electron chi connectivity index (χ1n) is 9.57. The maximum Gasteiger partial charge on any atom is 0.244 e. The van der Waals surface area contributed by atoms with Crippen LogP contribution in [0.2, 0.25) is 0 Å². The van der Waals surface area contributed by atoms with Crippen molar-refractivity contribution in [3.05, 3.63) is 48.0 Å². The van der Waals surface area contributed by atoms with Crippen molar-refractivity contribution in [2.45, 2.75) is 37.6 Å². The van der Waals surface area contributed by atoms with Gasteiger partial charge in [-0.1, -0.05) is 18.2 Å². The van der Waals surface area contributed by atoms with Crippen molar-refractivity contribution in [2.24, 2.45) is 0 Å². The molecule has 0 unspecified atom stereocenters. The summed E-state index contributed by atoms with van der Waals surface area (Å²) in [7, 11) is -2.36. The van der Waals surface area contributed by atoms with E-state index in [-0.39, 0.29) is 10.8 Å². The van der Waals surface area contributed by atoms with Crippen molar-refractivity contribution in [3.63, 3.8) is 0 Å². The third-order valence-electron chi connectivity index (χ3n) is 4.93.